The standard InChI is InChI=1S/C14H16FN5O4/c15-4-1-3-14(17)9(22)8(6-21)24-12(14)20-5-2-7-10(20)18-13(16)19-11(7)23/h2,5,8-9,12,21-22H,4,6,17H2,(H3,16,18,19,23)/t8-,9+,12-,14?/m1/s1/i6D2. The lowest BCUT2D eigenvalue weighted by Crippen LogP contribution is -2.53. The minimum atomic E-state index is -2.96. The zero-order valence-corrected chi connectivity index (χ0v) is 12.2. The van der Waals surface area contributed by atoms with Gasteiger partial charge in [0.15, 0.2) is 17.4 Å². The molecule has 1 aliphatic rings. The Morgan fingerprint density at radius 3 is 3.08 bits per heavy atom. The van der Waals surface area contributed by atoms with Crippen molar-refractivity contribution in [3.8, 4) is 11.8 Å². The van der Waals surface area contributed by atoms with Crippen molar-refractivity contribution in [2.45, 2.75) is 24.0 Å². The third kappa shape index (κ3) is 2.35. The van der Waals surface area contributed by atoms with Crippen LogP contribution in [0.2, 0.25) is 0 Å². The Morgan fingerprint density at radius 2 is 2.42 bits per heavy atom. The van der Waals surface area contributed by atoms with Gasteiger partial charge >= 0.3 is 0 Å². The Bertz CT molecular complexity index is 962. The Kier molecular flexibility index (Phi) is 3.42. The molecule has 10 heteroatoms. The molecule has 4 atom stereocenters. The van der Waals surface area contributed by atoms with Crippen LogP contribution in [0.15, 0.2) is 17.1 Å². The van der Waals surface area contributed by atoms with Crippen LogP contribution in [0.5, 0.6) is 0 Å². The van der Waals surface area contributed by atoms with Crippen molar-refractivity contribution in [3.05, 3.63) is 22.6 Å². The van der Waals surface area contributed by atoms with Crippen molar-refractivity contribution >= 4 is 17.0 Å². The second-order valence-electron chi connectivity index (χ2n) is 5.26. The molecule has 0 radical (unpaired) electrons. The fraction of sp³-hybridized carbons (Fsp3) is 0.429. The number of rotatable bonds is 2. The second kappa shape index (κ2) is 5.88. The van der Waals surface area contributed by atoms with Crippen molar-refractivity contribution in [2.24, 2.45) is 5.73 Å². The van der Waals surface area contributed by atoms with Gasteiger partial charge in [0, 0.05) is 6.20 Å². The molecule has 0 bridgehead atoms. The Morgan fingerprint density at radius 1 is 1.67 bits per heavy atom. The van der Waals surface area contributed by atoms with Crippen LogP contribution in [-0.4, -0.2) is 55.7 Å². The molecule has 128 valence electrons. The van der Waals surface area contributed by atoms with Crippen molar-refractivity contribution in [1.29, 1.82) is 0 Å². The van der Waals surface area contributed by atoms with Crippen LogP contribution >= 0.6 is 0 Å². The van der Waals surface area contributed by atoms with Gasteiger partial charge in [-0.25, -0.2) is 4.39 Å². The smallest absolute Gasteiger partial charge is 0.261 e. The van der Waals surface area contributed by atoms with Crippen molar-refractivity contribution < 1.29 is 22.1 Å². The largest absolute Gasteiger partial charge is 0.394 e. The highest BCUT2D eigenvalue weighted by Gasteiger charge is 2.54. The number of alkyl halides is 1. The molecule has 24 heavy (non-hydrogen) atoms. The maximum Gasteiger partial charge on any atom is 0.261 e. The van der Waals surface area contributed by atoms with Crippen molar-refractivity contribution in [3.63, 3.8) is 0 Å². The highest BCUT2D eigenvalue weighted by molar-refractivity contribution is 5.76. The summed E-state index contributed by atoms with van der Waals surface area (Å²) < 4.78 is 34.0. The van der Waals surface area contributed by atoms with E-state index in [0.717, 1.165) is 0 Å². The molecule has 3 rings (SSSR count). The molecule has 0 aromatic carbocycles. The molecule has 3 heterocycles. The molecule has 0 amide bonds. The van der Waals surface area contributed by atoms with Gasteiger partial charge in [-0.2, -0.15) is 4.98 Å². The van der Waals surface area contributed by atoms with Crippen LogP contribution in [-0.2, 0) is 4.74 Å². The molecule has 1 fully saturated rings. The predicted octanol–water partition coefficient (Wildman–Crippen LogP) is -1.77. The van der Waals surface area contributed by atoms with Gasteiger partial charge in [-0.15, -0.1) is 0 Å². The van der Waals surface area contributed by atoms with Crippen LogP contribution < -0.4 is 17.0 Å². The summed E-state index contributed by atoms with van der Waals surface area (Å²) in [6.07, 6.45) is -3.60. The number of halogens is 1. The van der Waals surface area contributed by atoms with Crippen molar-refractivity contribution in [1.82, 2.24) is 14.5 Å². The average Bonchev–Trinajstić information content (AvgIpc) is 3.05. The van der Waals surface area contributed by atoms with E-state index < -0.39 is 42.8 Å². The number of nitrogens with one attached hydrogen (secondary N) is 1. The summed E-state index contributed by atoms with van der Waals surface area (Å²) in [6, 6.07) is 1.39. The first-order valence-corrected chi connectivity index (χ1v) is 6.86. The number of aromatic amines is 1. The van der Waals surface area contributed by atoms with Gasteiger partial charge in [0.1, 0.15) is 18.9 Å². The lowest BCUT2D eigenvalue weighted by Gasteiger charge is -2.28. The van der Waals surface area contributed by atoms with E-state index in [9.17, 15) is 19.4 Å². The zero-order valence-electron chi connectivity index (χ0n) is 14.2. The van der Waals surface area contributed by atoms with E-state index in [4.69, 9.17) is 18.9 Å². The number of ether oxygens (including phenoxy) is 1. The highest BCUT2D eigenvalue weighted by atomic mass is 19.1. The molecule has 0 spiro atoms. The summed E-state index contributed by atoms with van der Waals surface area (Å²) >= 11 is 0. The van der Waals surface area contributed by atoms with Crippen LogP contribution in [0.3, 0.4) is 0 Å². The lowest BCUT2D eigenvalue weighted by molar-refractivity contribution is -0.0445. The fourth-order valence-corrected chi connectivity index (χ4v) is 2.69. The molecule has 9 nitrogen and oxygen atoms in total. The van der Waals surface area contributed by atoms with Gasteiger partial charge in [-0.1, -0.05) is 11.8 Å². The van der Waals surface area contributed by atoms with Gasteiger partial charge in [0.25, 0.3) is 5.56 Å². The average molecular weight is 339 g/mol. The molecule has 7 N–H and O–H groups in total. The Balaban J connectivity index is 2.20. The number of hydrogen-bond acceptors (Lipinski definition) is 7. The van der Waals surface area contributed by atoms with E-state index in [1.165, 1.54) is 16.8 Å². The molecule has 1 saturated heterocycles. The number of aliphatic hydroxyl groups is 2. The van der Waals surface area contributed by atoms with Crippen LogP contribution in [0.1, 0.15) is 8.97 Å². The first-order valence-electron chi connectivity index (χ1n) is 7.86. The number of hydrogen-bond donors (Lipinski definition) is 5. The van der Waals surface area contributed by atoms with Gasteiger partial charge < -0.3 is 31.0 Å². The fourth-order valence-electron chi connectivity index (χ4n) is 2.69. The van der Waals surface area contributed by atoms with E-state index in [1.54, 1.807) is 0 Å². The van der Waals surface area contributed by atoms with Gasteiger partial charge in [0.2, 0.25) is 5.95 Å². The summed E-state index contributed by atoms with van der Waals surface area (Å²) in [5.74, 6) is 4.22. The van der Waals surface area contributed by atoms with Gasteiger partial charge in [0.05, 0.1) is 14.7 Å². The first-order chi connectivity index (χ1) is 12.1. The molecular formula is C14H16FN5O4. The number of H-pyrrole nitrogens is 1. The van der Waals surface area contributed by atoms with Gasteiger partial charge in [-0.3, -0.25) is 9.78 Å². The minimum absolute atomic E-state index is 0.0412. The van der Waals surface area contributed by atoms with Crippen molar-refractivity contribution in [2.75, 3.05) is 19.0 Å². The first kappa shape index (κ1) is 13.9. The minimum Gasteiger partial charge on any atom is -0.394 e. The molecule has 0 saturated carbocycles. The summed E-state index contributed by atoms with van der Waals surface area (Å²) in [5.41, 5.74) is 9.19. The summed E-state index contributed by atoms with van der Waals surface area (Å²) in [4.78, 5) is 18.3. The van der Waals surface area contributed by atoms with Crippen LogP contribution in [0.4, 0.5) is 10.3 Å². The van der Waals surface area contributed by atoms with Gasteiger partial charge in [-0.05, 0) is 6.07 Å². The molecule has 2 aromatic rings. The number of nitrogens with two attached hydrogens (primary N) is 2. The monoisotopic (exact) mass is 339 g/mol. The van der Waals surface area contributed by atoms with E-state index in [1.807, 2.05) is 0 Å². The summed E-state index contributed by atoms with van der Waals surface area (Å²) in [5, 5.41) is 20.2. The molecular weight excluding hydrogens is 321 g/mol. The maximum atomic E-state index is 12.5. The maximum absolute atomic E-state index is 12.5. The van der Waals surface area contributed by atoms with Crippen LogP contribution in [0.25, 0.3) is 11.0 Å². The number of aromatic nitrogens is 3. The van der Waals surface area contributed by atoms with E-state index in [0.29, 0.717) is 0 Å². The third-order valence-corrected chi connectivity index (χ3v) is 3.81. The molecule has 0 aliphatic carbocycles. The second-order valence-corrected chi connectivity index (χ2v) is 5.26. The quantitative estimate of drug-likeness (QED) is 0.406. The normalized spacial score (nSPS) is 31.4. The topological polar surface area (TPSA) is 152 Å². The number of aliphatic hydroxyl groups excluding tert-OH is 1. The van der Waals surface area contributed by atoms with Crippen LogP contribution in [0, 0.1) is 11.8 Å². The number of anilines is 1. The van der Waals surface area contributed by atoms with E-state index in [-0.39, 0.29) is 17.0 Å². The predicted molar refractivity (Wildman–Crippen MR) is 82.4 cm³/mol. The third-order valence-electron chi connectivity index (χ3n) is 3.81. The van der Waals surface area contributed by atoms with E-state index >= 15 is 0 Å². The highest BCUT2D eigenvalue weighted by Crippen LogP contribution is 2.37. The number of nitrogens with zero attached hydrogens (tertiary/aromatic N) is 2. The molecule has 1 aliphatic heterocycles. The summed E-state index contributed by atoms with van der Waals surface area (Å²) in [6.45, 7) is -4.02. The molecule has 2 aromatic heterocycles. The summed E-state index contributed by atoms with van der Waals surface area (Å²) in [7, 11) is 0. The number of fused-ring (bicyclic) bond motifs is 1. The molecule has 1 unspecified atom stereocenters. The Hall–Kier alpha value is -2.45. The lowest BCUT2D eigenvalue weighted by atomic mass is 9.91. The van der Waals surface area contributed by atoms with E-state index in [2.05, 4.69) is 21.8 Å². The zero-order chi connectivity index (χ0) is 19.3. The SMILES string of the molecule is [2H]C([2H])(O)[C@H]1O[C@@H](n2ccc3c(=O)[nH]c(N)nc32)C(N)(C#CCF)[C@H]1O. The number of nitrogen functional groups attached to an aromatic ring is 1. The Labute approximate surface area is 137 Å².